The summed E-state index contributed by atoms with van der Waals surface area (Å²) in [5.74, 6) is -1.58. The van der Waals surface area contributed by atoms with Gasteiger partial charge in [0.25, 0.3) is 10.1 Å². The summed E-state index contributed by atoms with van der Waals surface area (Å²) in [5, 5.41) is 19.0. The summed E-state index contributed by atoms with van der Waals surface area (Å²) < 4.78 is 36.9. The van der Waals surface area contributed by atoms with E-state index in [9.17, 15) is 27.7 Å². The zero-order valence-electron chi connectivity index (χ0n) is 33.5. The fourth-order valence-electron chi connectivity index (χ4n) is 8.67. The van der Waals surface area contributed by atoms with Gasteiger partial charge in [0.15, 0.2) is 5.71 Å². The lowest BCUT2D eigenvalue weighted by atomic mass is 9.77. The van der Waals surface area contributed by atoms with E-state index in [4.69, 9.17) is 16.7 Å². The first-order chi connectivity index (χ1) is 26.5. The van der Waals surface area contributed by atoms with Crippen molar-refractivity contribution < 1.29 is 37.3 Å². The van der Waals surface area contributed by atoms with Crippen LogP contribution in [0.5, 0.6) is 0 Å². The van der Waals surface area contributed by atoms with Crippen LogP contribution in [0.4, 0.5) is 11.4 Å². The number of halogens is 1. The number of carboxylic acid groups (broad SMARTS) is 2. The number of unbranched alkanes of at least 4 members (excludes halogenated alkanes) is 4. The van der Waals surface area contributed by atoms with Gasteiger partial charge in [-0.1, -0.05) is 55.1 Å². The molecule has 1 unspecified atom stereocenters. The van der Waals surface area contributed by atoms with Gasteiger partial charge in [-0.2, -0.15) is 13.0 Å². The highest BCUT2D eigenvalue weighted by atomic mass is 35.5. The Hall–Kier alpha value is -3.99. The molecule has 0 saturated carbocycles. The van der Waals surface area contributed by atoms with E-state index >= 15 is 0 Å². The Morgan fingerprint density at radius 1 is 0.893 bits per heavy atom. The number of fused-ring (bicyclic) bond motifs is 2. The SMILES string of the molecule is CCCN1/C(=C\C=C2/CCCC(/C=C/C3=[N+](CCCCCC(=O)O)c4ccc(C)cc4C3(C)C)=C2Cl)C(C)(CCCCCC(=O)O)c2cc(S(=O)(=O)O)ccc21. The number of carboxylic acids is 2. The molecule has 2 aliphatic heterocycles. The van der Waals surface area contributed by atoms with Gasteiger partial charge in [-0.25, -0.2) is 0 Å². The van der Waals surface area contributed by atoms with Gasteiger partial charge in [0.05, 0.1) is 10.3 Å². The molecule has 0 radical (unpaired) electrons. The lowest BCUT2D eigenvalue weighted by molar-refractivity contribution is -0.438. The van der Waals surface area contributed by atoms with Crippen molar-refractivity contribution in [2.75, 3.05) is 18.0 Å². The molecule has 2 heterocycles. The fraction of sp³-hybridized carbons (Fsp3) is 0.489. The van der Waals surface area contributed by atoms with E-state index < -0.39 is 27.5 Å². The number of anilines is 1. The Morgan fingerprint density at radius 2 is 1.59 bits per heavy atom. The maximum Gasteiger partial charge on any atom is 0.303 e. The minimum atomic E-state index is -4.42. The number of benzene rings is 2. The molecule has 2 aromatic rings. The molecule has 0 fully saturated rings. The standard InChI is InChI=1S/C45H57ClN2O7S/c1-6-27-47-38-23-21-34(56(53,54)55)30-36(38)45(5,26-11-7-9-16-41(49)50)40(47)25-20-33-15-13-14-32(43(33)46)19-24-39-44(3,4)35-29-31(2)18-22-37(35)48(39)28-12-8-10-17-42(51)52/h18-25,29-30H,6-17,26-28H2,1-5H3,(H2-,49,50,51,52,53,54,55)/p+1. The number of hydrogen-bond acceptors (Lipinski definition) is 5. The Balaban J connectivity index is 1.50. The summed E-state index contributed by atoms with van der Waals surface area (Å²) in [4.78, 5) is 24.4. The van der Waals surface area contributed by atoms with Crippen molar-refractivity contribution in [3.8, 4) is 0 Å². The van der Waals surface area contributed by atoms with Crippen molar-refractivity contribution in [3.63, 3.8) is 0 Å². The summed E-state index contributed by atoms with van der Waals surface area (Å²) >= 11 is 7.26. The fourth-order valence-corrected chi connectivity index (χ4v) is 9.49. The van der Waals surface area contributed by atoms with Crippen LogP contribution < -0.4 is 4.90 Å². The molecule has 0 saturated heterocycles. The van der Waals surface area contributed by atoms with E-state index in [2.05, 4.69) is 86.6 Å². The molecule has 3 aliphatic rings. The van der Waals surface area contributed by atoms with Crippen LogP contribution in [-0.2, 0) is 30.5 Å². The molecule has 5 rings (SSSR count). The highest BCUT2D eigenvalue weighted by Gasteiger charge is 2.45. The molecule has 0 spiro atoms. The normalized spacial score (nSPS) is 20.8. The van der Waals surface area contributed by atoms with Gasteiger partial charge in [-0.05, 0) is 126 Å². The quantitative estimate of drug-likeness (QED) is 0.0770. The van der Waals surface area contributed by atoms with Crippen LogP contribution in [0.3, 0.4) is 0 Å². The average molecular weight is 806 g/mol. The molecular weight excluding hydrogens is 748 g/mol. The molecule has 9 nitrogen and oxygen atoms in total. The zero-order chi connectivity index (χ0) is 40.8. The monoisotopic (exact) mass is 805 g/mol. The number of hydrogen-bond donors (Lipinski definition) is 3. The third-order valence-corrected chi connectivity index (χ3v) is 13.0. The van der Waals surface area contributed by atoms with E-state index in [-0.39, 0.29) is 23.2 Å². The van der Waals surface area contributed by atoms with Crippen LogP contribution in [0.15, 0.2) is 87.5 Å². The van der Waals surface area contributed by atoms with Crippen LogP contribution in [0, 0.1) is 6.92 Å². The third-order valence-electron chi connectivity index (χ3n) is 11.7. The maximum atomic E-state index is 12.3. The first-order valence-corrected chi connectivity index (χ1v) is 21.9. The molecule has 0 aromatic heterocycles. The zero-order valence-corrected chi connectivity index (χ0v) is 35.1. The van der Waals surface area contributed by atoms with Gasteiger partial charge < -0.3 is 15.1 Å². The van der Waals surface area contributed by atoms with Crippen molar-refractivity contribution in [1.29, 1.82) is 0 Å². The van der Waals surface area contributed by atoms with Gasteiger partial charge in [-0.15, -0.1) is 0 Å². The third kappa shape index (κ3) is 9.57. The van der Waals surface area contributed by atoms with Gasteiger partial charge in [0.1, 0.15) is 6.54 Å². The van der Waals surface area contributed by atoms with E-state index in [0.29, 0.717) is 25.8 Å². The minimum Gasteiger partial charge on any atom is -0.481 e. The summed E-state index contributed by atoms with van der Waals surface area (Å²) in [6.07, 6.45) is 17.5. The van der Waals surface area contributed by atoms with Crippen molar-refractivity contribution in [2.24, 2.45) is 0 Å². The van der Waals surface area contributed by atoms with Crippen molar-refractivity contribution in [2.45, 2.75) is 134 Å². The smallest absolute Gasteiger partial charge is 0.303 e. The Morgan fingerprint density at radius 3 is 2.25 bits per heavy atom. The number of aliphatic carboxylic acids is 2. The van der Waals surface area contributed by atoms with Crippen LogP contribution in [0.1, 0.15) is 128 Å². The summed E-state index contributed by atoms with van der Waals surface area (Å²) in [6.45, 7) is 12.4. The number of rotatable bonds is 18. The number of allylic oxidation sites excluding steroid dienone is 8. The van der Waals surface area contributed by atoms with Gasteiger partial charge in [-0.3, -0.25) is 14.1 Å². The van der Waals surface area contributed by atoms with E-state index in [1.165, 1.54) is 28.6 Å². The summed E-state index contributed by atoms with van der Waals surface area (Å²) in [7, 11) is -4.42. The molecule has 56 heavy (non-hydrogen) atoms. The van der Waals surface area contributed by atoms with Gasteiger partial charge in [0, 0.05) is 65.3 Å². The predicted molar refractivity (Wildman–Crippen MR) is 224 cm³/mol. The molecule has 302 valence electrons. The van der Waals surface area contributed by atoms with Crippen molar-refractivity contribution in [1.82, 2.24) is 0 Å². The average Bonchev–Trinajstić information content (AvgIpc) is 3.48. The molecule has 2 aromatic carbocycles. The van der Waals surface area contributed by atoms with Crippen LogP contribution >= 0.6 is 11.6 Å². The van der Waals surface area contributed by atoms with E-state index in [0.717, 1.165) is 91.0 Å². The number of carbonyl (C=O) groups is 2. The van der Waals surface area contributed by atoms with E-state index in [1.807, 2.05) is 0 Å². The molecule has 11 heteroatoms. The van der Waals surface area contributed by atoms with Gasteiger partial charge in [0.2, 0.25) is 5.69 Å². The first-order valence-electron chi connectivity index (χ1n) is 20.1. The predicted octanol–water partition coefficient (Wildman–Crippen LogP) is 10.5. The molecule has 0 amide bonds. The second-order valence-corrected chi connectivity index (χ2v) is 18.0. The van der Waals surface area contributed by atoms with Crippen LogP contribution in [-0.4, -0.2) is 58.5 Å². The molecule has 1 aliphatic carbocycles. The van der Waals surface area contributed by atoms with E-state index in [1.54, 1.807) is 12.1 Å². The van der Waals surface area contributed by atoms with Crippen LogP contribution in [0.25, 0.3) is 0 Å². The second-order valence-electron chi connectivity index (χ2n) is 16.2. The largest absolute Gasteiger partial charge is 0.481 e. The molecule has 0 bridgehead atoms. The highest BCUT2D eigenvalue weighted by Crippen LogP contribution is 2.52. The first kappa shape index (κ1) is 43.1. The Kier molecular flexibility index (Phi) is 13.9. The molecule has 1 atom stereocenters. The Labute approximate surface area is 337 Å². The second kappa shape index (κ2) is 18.1. The molecular formula is C45H58ClN2O7S+. The van der Waals surface area contributed by atoms with Gasteiger partial charge >= 0.3 is 11.9 Å². The molecule has 3 N–H and O–H groups in total. The lowest BCUT2D eigenvalue weighted by Gasteiger charge is -2.30. The summed E-state index contributed by atoms with van der Waals surface area (Å²) in [5.41, 5.74) is 8.90. The highest BCUT2D eigenvalue weighted by molar-refractivity contribution is 7.85. The Bertz CT molecular complexity index is 2110. The van der Waals surface area contributed by atoms with Crippen molar-refractivity contribution >= 4 is 50.7 Å². The lowest BCUT2D eigenvalue weighted by Crippen LogP contribution is -2.29. The minimum absolute atomic E-state index is 0.106. The topological polar surface area (TPSA) is 135 Å². The number of aryl methyl sites for hydroxylation is 1. The number of nitrogens with zero attached hydrogens (tertiary/aromatic N) is 2. The van der Waals surface area contributed by atoms with Crippen LogP contribution in [0.2, 0.25) is 0 Å². The van der Waals surface area contributed by atoms with Crippen molar-refractivity contribution in [3.05, 3.63) is 99.3 Å². The maximum absolute atomic E-state index is 12.3. The summed E-state index contributed by atoms with van der Waals surface area (Å²) in [6, 6.07) is 11.4.